The number of pyridine rings is 1. The third-order valence-corrected chi connectivity index (χ3v) is 7.91. The van der Waals surface area contributed by atoms with Crippen molar-refractivity contribution in [1.82, 2.24) is 19.4 Å². The number of thiophene rings is 1. The number of aromatic nitrogens is 2. The Hall–Kier alpha value is -2.91. The predicted molar refractivity (Wildman–Crippen MR) is 146 cm³/mol. The molecule has 3 aromatic heterocycles. The van der Waals surface area contributed by atoms with Gasteiger partial charge in [0.25, 0.3) is 0 Å². The summed E-state index contributed by atoms with van der Waals surface area (Å²) in [5, 5.41) is 14.2. The highest BCUT2D eigenvalue weighted by Gasteiger charge is 2.20. The van der Waals surface area contributed by atoms with Gasteiger partial charge in [-0.1, -0.05) is 23.7 Å². The van der Waals surface area contributed by atoms with Crippen LogP contribution >= 0.6 is 22.9 Å². The van der Waals surface area contributed by atoms with Gasteiger partial charge in [-0.05, 0) is 49.4 Å². The van der Waals surface area contributed by atoms with Crippen LogP contribution in [-0.2, 0) is 38.4 Å². The zero-order chi connectivity index (χ0) is 26.0. The molecule has 0 aliphatic heterocycles. The first kappa shape index (κ1) is 26.2. The van der Waals surface area contributed by atoms with Gasteiger partial charge in [0.2, 0.25) is 11.3 Å². The van der Waals surface area contributed by atoms with Gasteiger partial charge in [0, 0.05) is 67.3 Å². The number of hydrogen-bond acceptors (Lipinski definition) is 5. The zero-order valence-electron chi connectivity index (χ0n) is 20.9. The van der Waals surface area contributed by atoms with E-state index in [1.165, 1.54) is 11.3 Å². The summed E-state index contributed by atoms with van der Waals surface area (Å²) < 4.78 is 4.51. The molecule has 4 rings (SSSR count). The predicted octanol–water partition coefficient (Wildman–Crippen LogP) is 3.92. The van der Waals surface area contributed by atoms with E-state index in [1.54, 1.807) is 18.3 Å². The number of nitrogens with one attached hydrogen (secondary N) is 1. The van der Waals surface area contributed by atoms with E-state index in [4.69, 9.17) is 11.6 Å². The lowest BCUT2D eigenvalue weighted by molar-refractivity contribution is -0.120. The smallest absolute Gasteiger partial charge is 0.224 e. The number of rotatable bonds is 9. The number of amides is 1. The number of hydrogen-bond donors (Lipinski definition) is 2. The van der Waals surface area contributed by atoms with E-state index in [0.29, 0.717) is 34.9 Å². The van der Waals surface area contributed by atoms with E-state index in [-0.39, 0.29) is 17.8 Å². The first-order valence-corrected chi connectivity index (χ1v) is 12.9. The van der Waals surface area contributed by atoms with E-state index in [1.807, 2.05) is 67.7 Å². The molecular weight excluding hydrogens is 496 g/mol. The summed E-state index contributed by atoms with van der Waals surface area (Å²) in [4.78, 5) is 29.0. The summed E-state index contributed by atoms with van der Waals surface area (Å²) in [6.07, 6.45) is 3.10. The molecule has 7 nitrogen and oxygen atoms in total. The molecule has 0 fully saturated rings. The minimum Gasteiger partial charge on any atom is -0.386 e. The number of aliphatic hydroxyl groups is 1. The van der Waals surface area contributed by atoms with E-state index in [2.05, 4.69) is 10.2 Å². The average Bonchev–Trinajstić information content (AvgIpc) is 3.40. The lowest BCUT2D eigenvalue weighted by Gasteiger charge is -2.21. The van der Waals surface area contributed by atoms with Crippen LogP contribution in [0.1, 0.15) is 33.4 Å². The van der Waals surface area contributed by atoms with Gasteiger partial charge in [-0.2, -0.15) is 0 Å². The SMILES string of the molecule is Cc1c(CN(C)CC(O)c2cccn2C)sc2c(=O)c(CC(=O)NCc3ccc(Cl)cc3)cn(C)c12. The Labute approximate surface area is 219 Å². The molecule has 4 aromatic rings. The molecule has 3 heterocycles. The molecule has 1 amide bonds. The Morgan fingerprint density at radius 2 is 1.92 bits per heavy atom. The van der Waals surface area contributed by atoms with Crippen LogP contribution < -0.4 is 10.7 Å². The first-order chi connectivity index (χ1) is 17.1. The van der Waals surface area contributed by atoms with Gasteiger partial charge >= 0.3 is 0 Å². The molecule has 0 aliphatic carbocycles. The van der Waals surface area contributed by atoms with Crippen LogP contribution in [0.3, 0.4) is 0 Å². The third kappa shape index (κ3) is 5.73. The summed E-state index contributed by atoms with van der Waals surface area (Å²) in [6, 6.07) is 11.1. The van der Waals surface area contributed by atoms with Gasteiger partial charge in [0.05, 0.1) is 16.6 Å². The van der Waals surface area contributed by atoms with Gasteiger partial charge in [0.15, 0.2) is 0 Å². The van der Waals surface area contributed by atoms with Crippen LogP contribution in [0.5, 0.6) is 0 Å². The quantitative estimate of drug-likeness (QED) is 0.346. The number of benzene rings is 1. The van der Waals surface area contributed by atoms with Crippen LogP contribution in [0.25, 0.3) is 10.2 Å². The number of nitrogens with zero attached hydrogens (tertiary/aromatic N) is 3. The second-order valence-electron chi connectivity index (χ2n) is 9.26. The van der Waals surface area contributed by atoms with Crippen molar-refractivity contribution < 1.29 is 9.90 Å². The molecule has 2 N–H and O–H groups in total. The normalized spacial score (nSPS) is 12.4. The molecule has 0 radical (unpaired) electrons. The molecule has 0 saturated carbocycles. The molecular formula is C27H31ClN4O3S. The van der Waals surface area contributed by atoms with Gasteiger partial charge in [-0.15, -0.1) is 11.3 Å². The van der Waals surface area contributed by atoms with Crippen LogP contribution in [-0.4, -0.2) is 38.6 Å². The molecule has 36 heavy (non-hydrogen) atoms. The Balaban J connectivity index is 1.48. The van der Waals surface area contributed by atoms with Crippen molar-refractivity contribution in [2.24, 2.45) is 14.1 Å². The van der Waals surface area contributed by atoms with Crippen molar-refractivity contribution in [2.45, 2.75) is 32.5 Å². The van der Waals surface area contributed by atoms with Gasteiger partial charge in [-0.3, -0.25) is 14.5 Å². The molecule has 0 saturated heterocycles. The lowest BCUT2D eigenvalue weighted by atomic mass is 10.1. The molecule has 0 bridgehead atoms. The summed E-state index contributed by atoms with van der Waals surface area (Å²) in [5.41, 5.74) is 4.11. The molecule has 1 aromatic carbocycles. The van der Waals surface area contributed by atoms with Crippen molar-refractivity contribution in [3.63, 3.8) is 0 Å². The second-order valence-corrected chi connectivity index (χ2v) is 10.8. The van der Waals surface area contributed by atoms with Crippen molar-refractivity contribution in [3.8, 4) is 0 Å². The highest BCUT2D eigenvalue weighted by atomic mass is 35.5. The minimum absolute atomic E-state index is 0.0191. The van der Waals surface area contributed by atoms with Crippen molar-refractivity contribution in [2.75, 3.05) is 13.6 Å². The summed E-state index contributed by atoms with van der Waals surface area (Å²) >= 11 is 7.38. The van der Waals surface area contributed by atoms with Gasteiger partial charge < -0.3 is 19.6 Å². The average molecular weight is 527 g/mol. The zero-order valence-corrected chi connectivity index (χ0v) is 22.5. The van der Waals surface area contributed by atoms with E-state index in [9.17, 15) is 14.7 Å². The first-order valence-electron chi connectivity index (χ1n) is 11.7. The largest absolute Gasteiger partial charge is 0.386 e. The second kappa shape index (κ2) is 11.0. The fourth-order valence-electron chi connectivity index (χ4n) is 4.47. The summed E-state index contributed by atoms with van der Waals surface area (Å²) in [5.74, 6) is -0.204. The number of likely N-dealkylation sites (N-methyl/N-ethyl adjacent to an activating group) is 1. The Bertz CT molecular complexity index is 1440. The van der Waals surface area contributed by atoms with Crippen molar-refractivity contribution in [1.29, 1.82) is 0 Å². The van der Waals surface area contributed by atoms with E-state index >= 15 is 0 Å². The number of halogens is 1. The molecule has 1 atom stereocenters. The molecule has 190 valence electrons. The number of fused-ring (bicyclic) bond motifs is 1. The number of aliphatic hydroxyl groups excluding tert-OH is 1. The Morgan fingerprint density at radius 1 is 1.19 bits per heavy atom. The third-order valence-electron chi connectivity index (χ3n) is 6.39. The number of carbonyl (C=O) groups excluding carboxylic acids is 1. The minimum atomic E-state index is -0.603. The fourth-order valence-corrected chi connectivity index (χ4v) is 5.99. The van der Waals surface area contributed by atoms with Crippen LogP contribution in [0.4, 0.5) is 0 Å². The maximum absolute atomic E-state index is 13.3. The van der Waals surface area contributed by atoms with Gasteiger partial charge in [-0.25, -0.2) is 0 Å². The van der Waals surface area contributed by atoms with Gasteiger partial charge in [0.1, 0.15) is 6.10 Å². The lowest BCUT2D eigenvalue weighted by Crippen LogP contribution is -2.27. The molecule has 0 spiro atoms. The van der Waals surface area contributed by atoms with Crippen LogP contribution in [0.15, 0.2) is 53.6 Å². The number of carbonyl (C=O) groups is 1. The molecule has 9 heteroatoms. The van der Waals surface area contributed by atoms with E-state index < -0.39 is 6.10 Å². The van der Waals surface area contributed by atoms with Crippen LogP contribution in [0.2, 0.25) is 5.02 Å². The van der Waals surface area contributed by atoms with Crippen LogP contribution in [0, 0.1) is 6.92 Å². The van der Waals surface area contributed by atoms with E-state index in [0.717, 1.165) is 27.2 Å². The maximum atomic E-state index is 13.3. The monoisotopic (exact) mass is 526 g/mol. The standard InChI is InChI=1S/C27H31ClN4O3S/c1-17-23(16-30(2)15-22(33)21-6-5-11-31(21)3)36-27-25(17)32(4)14-19(26(27)35)12-24(34)29-13-18-7-9-20(28)10-8-18/h5-11,14,22,33H,12-13,15-16H2,1-4H3,(H,29,34). The summed E-state index contributed by atoms with van der Waals surface area (Å²) in [6.45, 7) is 3.49. The molecule has 0 aliphatic rings. The Kier molecular flexibility index (Phi) is 8.00. The topological polar surface area (TPSA) is 79.5 Å². The highest BCUT2D eigenvalue weighted by molar-refractivity contribution is 7.19. The Morgan fingerprint density at radius 3 is 2.58 bits per heavy atom. The summed E-state index contributed by atoms with van der Waals surface area (Å²) in [7, 11) is 5.79. The van der Waals surface area contributed by atoms with Crippen molar-refractivity contribution in [3.05, 3.63) is 91.3 Å². The fraction of sp³-hybridized carbons (Fsp3) is 0.333. The highest BCUT2D eigenvalue weighted by Crippen LogP contribution is 2.30. The maximum Gasteiger partial charge on any atom is 0.224 e. The molecule has 1 unspecified atom stereocenters. The van der Waals surface area contributed by atoms with Crippen molar-refractivity contribution >= 4 is 39.1 Å². The number of aryl methyl sites for hydroxylation is 3.